The lowest BCUT2D eigenvalue weighted by Crippen LogP contribution is -2.44. The SMILES string of the molecule is CCCCC(CC)CC(=O)NC(C)(C)CCC(=O)O. The highest BCUT2D eigenvalue weighted by molar-refractivity contribution is 5.77. The van der Waals surface area contributed by atoms with Gasteiger partial charge in [0.15, 0.2) is 0 Å². The Hall–Kier alpha value is -1.06. The van der Waals surface area contributed by atoms with E-state index in [1.54, 1.807) is 0 Å². The number of rotatable bonds is 10. The summed E-state index contributed by atoms with van der Waals surface area (Å²) in [4.78, 5) is 22.5. The average Bonchev–Trinajstić information content (AvgIpc) is 2.31. The molecule has 1 amide bonds. The molecule has 0 radical (unpaired) electrons. The molecule has 0 aliphatic heterocycles. The summed E-state index contributed by atoms with van der Waals surface area (Å²) in [5, 5.41) is 11.6. The molecular weight excluding hydrogens is 242 g/mol. The van der Waals surface area contributed by atoms with Crippen molar-refractivity contribution in [3.8, 4) is 0 Å². The van der Waals surface area contributed by atoms with Crippen LogP contribution in [0, 0.1) is 5.92 Å². The van der Waals surface area contributed by atoms with Gasteiger partial charge in [-0.2, -0.15) is 0 Å². The van der Waals surface area contributed by atoms with Crippen molar-refractivity contribution >= 4 is 11.9 Å². The number of hydrogen-bond acceptors (Lipinski definition) is 2. The molecule has 0 aliphatic carbocycles. The lowest BCUT2D eigenvalue weighted by atomic mass is 9.93. The summed E-state index contributed by atoms with van der Waals surface area (Å²) in [6.45, 7) is 8.02. The molecule has 0 bridgehead atoms. The second-order valence-electron chi connectivity index (χ2n) is 5.95. The average molecular weight is 271 g/mol. The Balaban J connectivity index is 4.15. The first-order valence-corrected chi connectivity index (χ1v) is 7.33. The Labute approximate surface area is 117 Å². The largest absolute Gasteiger partial charge is 0.481 e. The van der Waals surface area contributed by atoms with Gasteiger partial charge in [0.05, 0.1) is 0 Å². The Morgan fingerprint density at radius 1 is 1.26 bits per heavy atom. The van der Waals surface area contributed by atoms with Gasteiger partial charge >= 0.3 is 5.97 Å². The maximum absolute atomic E-state index is 12.0. The molecule has 0 spiro atoms. The van der Waals surface area contributed by atoms with Crippen LogP contribution in [0.15, 0.2) is 0 Å². The van der Waals surface area contributed by atoms with E-state index in [2.05, 4.69) is 19.2 Å². The third kappa shape index (κ3) is 9.51. The van der Waals surface area contributed by atoms with Crippen LogP contribution in [0.3, 0.4) is 0 Å². The molecule has 2 N–H and O–H groups in total. The Morgan fingerprint density at radius 2 is 1.89 bits per heavy atom. The minimum absolute atomic E-state index is 0.0401. The lowest BCUT2D eigenvalue weighted by Gasteiger charge is -2.26. The van der Waals surface area contributed by atoms with Gasteiger partial charge in [0, 0.05) is 18.4 Å². The van der Waals surface area contributed by atoms with Crippen molar-refractivity contribution in [1.29, 1.82) is 0 Å². The van der Waals surface area contributed by atoms with E-state index in [0.29, 0.717) is 18.8 Å². The van der Waals surface area contributed by atoms with Crippen LogP contribution in [0.4, 0.5) is 0 Å². The molecular formula is C15H29NO3. The van der Waals surface area contributed by atoms with Gasteiger partial charge < -0.3 is 10.4 Å². The fourth-order valence-corrected chi connectivity index (χ4v) is 2.12. The quantitative estimate of drug-likeness (QED) is 0.640. The number of hydrogen-bond donors (Lipinski definition) is 2. The molecule has 19 heavy (non-hydrogen) atoms. The number of nitrogens with one attached hydrogen (secondary N) is 1. The lowest BCUT2D eigenvalue weighted by molar-refractivity contribution is -0.137. The third-order valence-corrected chi connectivity index (χ3v) is 3.46. The third-order valence-electron chi connectivity index (χ3n) is 3.46. The van der Waals surface area contributed by atoms with Gasteiger partial charge in [-0.3, -0.25) is 9.59 Å². The summed E-state index contributed by atoms with van der Waals surface area (Å²) in [5.41, 5.74) is -0.446. The van der Waals surface area contributed by atoms with Gasteiger partial charge in [-0.25, -0.2) is 0 Å². The first-order chi connectivity index (χ1) is 8.80. The molecule has 0 saturated heterocycles. The number of unbranched alkanes of at least 4 members (excludes halogenated alkanes) is 1. The first-order valence-electron chi connectivity index (χ1n) is 7.33. The fraction of sp³-hybridized carbons (Fsp3) is 0.867. The van der Waals surface area contributed by atoms with Crippen LogP contribution in [-0.2, 0) is 9.59 Å². The van der Waals surface area contributed by atoms with Crippen molar-refractivity contribution in [1.82, 2.24) is 5.32 Å². The summed E-state index contributed by atoms with van der Waals surface area (Å²) < 4.78 is 0. The second-order valence-corrected chi connectivity index (χ2v) is 5.95. The van der Waals surface area contributed by atoms with E-state index in [-0.39, 0.29) is 12.3 Å². The number of carboxylic acids is 1. The highest BCUT2D eigenvalue weighted by atomic mass is 16.4. The molecule has 4 heteroatoms. The zero-order valence-corrected chi connectivity index (χ0v) is 12.8. The van der Waals surface area contributed by atoms with Crippen LogP contribution < -0.4 is 5.32 Å². The van der Waals surface area contributed by atoms with Gasteiger partial charge in [0.1, 0.15) is 0 Å². The fourth-order valence-electron chi connectivity index (χ4n) is 2.12. The van der Waals surface area contributed by atoms with E-state index < -0.39 is 11.5 Å². The maximum Gasteiger partial charge on any atom is 0.303 e. The number of carboxylic acid groups (broad SMARTS) is 1. The van der Waals surface area contributed by atoms with Gasteiger partial charge in [-0.15, -0.1) is 0 Å². The summed E-state index contributed by atoms with van der Waals surface area (Å²) in [7, 11) is 0. The second kappa shape index (κ2) is 8.94. The molecule has 0 aromatic carbocycles. The summed E-state index contributed by atoms with van der Waals surface area (Å²) in [6.07, 6.45) is 5.52. The highest BCUT2D eigenvalue weighted by Crippen LogP contribution is 2.18. The van der Waals surface area contributed by atoms with Gasteiger partial charge in [0.25, 0.3) is 0 Å². The molecule has 1 atom stereocenters. The van der Waals surface area contributed by atoms with Crippen LogP contribution in [0.1, 0.15) is 72.6 Å². The van der Waals surface area contributed by atoms with Crippen molar-refractivity contribution in [3.63, 3.8) is 0 Å². The predicted octanol–water partition coefficient (Wildman–Crippen LogP) is 3.35. The topological polar surface area (TPSA) is 66.4 Å². The maximum atomic E-state index is 12.0. The van der Waals surface area contributed by atoms with Crippen molar-refractivity contribution in [2.45, 2.75) is 78.2 Å². The number of aliphatic carboxylic acids is 1. The van der Waals surface area contributed by atoms with Crippen molar-refractivity contribution in [2.24, 2.45) is 5.92 Å². The molecule has 0 aliphatic rings. The predicted molar refractivity (Wildman–Crippen MR) is 77.0 cm³/mol. The van der Waals surface area contributed by atoms with Gasteiger partial charge in [-0.1, -0.05) is 33.1 Å². The Morgan fingerprint density at radius 3 is 2.37 bits per heavy atom. The van der Waals surface area contributed by atoms with Crippen LogP contribution in [-0.4, -0.2) is 22.5 Å². The standard InChI is InChI=1S/C15H29NO3/c1-5-7-8-12(6-2)11-13(17)16-15(3,4)10-9-14(18)19/h12H,5-11H2,1-4H3,(H,16,17)(H,18,19). The molecule has 0 heterocycles. The monoisotopic (exact) mass is 271 g/mol. The number of carbonyl (C=O) groups excluding carboxylic acids is 1. The zero-order chi connectivity index (χ0) is 14.9. The van der Waals surface area contributed by atoms with E-state index in [9.17, 15) is 9.59 Å². The van der Waals surface area contributed by atoms with Crippen LogP contribution in [0.2, 0.25) is 0 Å². The Kier molecular flexibility index (Phi) is 8.44. The Bertz CT molecular complexity index is 287. The van der Waals surface area contributed by atoms with E-state index in [1.165, 1.54) is 0 Å². The van der Waals surface area contributed by atoms with Crippen molar-refractivity contribution in [3.05, 3.63) is 0 Å². The molecule has 1 unspecified atom stereocenters. The number of amides is 1. The highest BCUT2D eigenvalue weighted by Gasteiger charge is 2.22. The van der Waals surface area contributed by atoms with Crippen LogP contribution >= 0.6 is 0 Å². The summed E-state index contributed by atoms with van der Waals surface area (Å²) in [5.74, 6) is -0.342. The molecule has 112 valence electrons. The van der Waals surface area contributed by atoms with E-state index in [4.69, 9.17) is 5.11 Å². The zero-order valence-electron chi connectivity index (χ0n) is 12.8. The first kappa shape index (κ1) is 17.9. The molecule has 0 fully saturated rings. The molecule has 4 nitrogen and oxygen atoms in total. The summed E-state index contributed by atoms with van der Waals surface area (Å²) in [6, 6.07) is 0. The van der Waals surface area contributed by atoms with E-state index in [1.807, 2.05) is 13.8 Å². The minimum Gasteiger partial charge on any atom is -0.481 e. The number of carbonyl (C=O) groups is 2. The summed E-state index contributed by atoms with van der Waals surface area (Å²) >= 11 is 0. The van der Waals surface area contributed by atoms with Gasteiger partial charge in [0.2, 0.25) is 5.91 Å². The molecule has 0 aromatic rings. The van der Waals surface area contributed by atoms with Gasteiger partial charge in [-0.05, 0) is 32.6 Å². The van der Waals surface area contributed by atoms with E-state index in [0.717, 1.165) is 25.7 Å². The molecule has 0 saturated carbocycles. The smallest absolute Gasteiger partial charge is 0.303 e. The van der Waals surface area contributed by atoms with E-state index >= 15 is 0 Å². The normalized spacial score (nSPS) is 13.1. The minimum atomic E-state index is -0.822. The van der Waals surface area contributed by atoms with Crippen molar-refractivity contribution in [2.75, 3.05) is 0 Å². The van der Waals surface area contributed by atoms with Crippen molar-refractivity contribution < 1.29 is 14.7 Å². The van der Waals surface area contributed by atoms with Crippen LogP contribution in [0.5, 0.6) is 0 Å². The molecule has 0 rings (SSSR count). The molecule has 0 aromatic heterocycles. The van der Waals surface area contributed by atoms with Crippen LogP contribution in [0.25, 0.3) is 0 Å².